The highest BCUT2D eigenvalue weighted by Gasteiger charge is 2.32. The number of hydrogen-bond donors (Lipinski definition) is 5. The maximum absolute atomic E-state index is 13.9. The smallest absolute Gasteiger partial charge is 0.251 e. The predicted octanol–water partition coefficient (Wildman–Crippen LogP) is 5.85. The lowest BCUT2D eigenvalue weighted by molar-refractivity contribution is 0.0825. The third-order valence-electron chi connectivity index (χ3n) is 6.91. The predicted molar refractivity (Wildman–Crippen MR) is 156 cm³/mol. The van der Waals surface area contributed by atoms with Crippen molar-refractivity contribution >= 4 is 16.5 Å². The van der Waals surface area contributed by atoms with Gasteiger partial charge in [0.05, 0.1) is 29.7 Å². The van der Waals surface area contributed by atoms with Gasteiger partial charge >= 0.3 is 0 Å². The minimum absolute atomic E-state index is 0.000654. The van der Waals surface area contributed by atoms with E-state index in [9.17, 15) is 27.8 Å². The number of benzene rings is 3. The number of nitrogens with one attached hydrogen (secondary N) is 2. The van der Waals surface area contributed by atoms with Crippen molar-refractivity contribution in [1.82, 2.24) is 10.6 Å². The van der Waals surface area contributed by atoms with Crippen LogP contribution in [0.3, 0.4) is 0 Å². The highest BCUT2D eigenvalue weighted by Crippen LogP contribution is 2.51. The average molecular weight is 573 g/mol. The standard InChI is InChI=1S/C31H38F2N2O4S/c1-31(2,3)16-20-9-10-23-18-40(38,39)19-28(26(23)13-20)34-17-29(36)27(14-21-11-24(32)15-25(33)12-21)35-30(37)22-7-5-4-6-8-22/h4-13,15,27-29,34,36,38-39H,14,16-19H2,1-3H3,(H,35,37)/t27-,28-,29+/m0/s1. The van der Waals surface area contributed by atoms with Crippen LogP contribution in [0.2, 0.25) is 0 Å². The molecule has 0 unspecified atom stereocenters. The molecular weight excluding hydrogens is 534 g/mol. The summed E-state index contributed by atoms with van der Waals surface area (Å²) in [6.07, 6.45) is -0.310. The number of aliphatic hydroxyl groups is 1. The summed E-state index contributed by atoms with van der Waals surface area (Å²) in [5, 5.41) is 17.3. The quantitative estimate of drug-likeness (QED) is 0.221. The van der Waals surface area contributed by atoms with Crippen molar-refractivity contribution < 1.29 is 27.8 Å². The fraction of sp³-hybridized carbons (Fsp3) is 0.387. The first-order valence-corrected chi connectivity index (χ1v) is 15.2. The summed E-state index contributed by atoms with van der Waals surface area (Å²) in [6, 6.07) is 16.3. The first-order chi connectivity index (χ1) is 18.8. The van der Waals surface area contributed by atoms with Crippen LogP contribution in [0.1, 0.15) is 59.4 Å². The Morgan fingerprint density at radius 1 is 1.00 bits per heavy atom. The van der Waals surface area contributed by atoms with E-state index < -0.39 is 46.3 Å². The summed E-state index contributed by atoms with van der Waals surface area (Å²) in [5.74, 6) is -1.64. The molecule has 3 atom stereocenters. The summed E-state index contributed by atoms with van der Waals surface area (Å²) >= 11 is 0. The molecule has 0 saturated carbocycles. The summed E-state index contributed by atoms with van der Waals surface area (Å²) < 4.78 is 49.0. The van der Waals surface area contributed by atoms with E-state index in [1.54, 1.807) is 30.3 Å². The summed E-state index contributed by atoms with van der Waals surface area (Å²) in [4.78, 5) is 12.9. The van der Waals surface area contributed by atoms with Crippen molar-refractivity contribution in [3.8, 4) is 0 Å². The zero-order valence-electron chi connectivity index (χ0n) is 23.0. The van der Waals surface area contributed by atoms with E-state index in [1.165, 1.54) is 12.1 Å². The molecule has 0 spiro atoms. The van der Waals surface area contributed by atoms with Gasteiger partial charge in [-0.3, -0.25) is 13.9 Å². The van der Waals surface area contributed by atoms with Crippen LogP contribution in [0.5, 0.6) is 0 Å². The Morgan fingerprint density at radius 2 is 1.68 bits per heavy atom. The van der Waals surface area contributed by atoms with E-state index in [1.807, 2.05) is 12.1 Å². The number of aliphatic hydroxyl groups excluding tert-OH is 1. The van der Waals surface area contributed by atoms with Gasteiger partial charge in [0.2, 0.25) is 0 Å². The zero-order valence-corrected chi connectivity index (χ0v) is 23.8. The molecule has 6 nitrogen and oxygen atoms in total. The third-order valence-corrected chi connectivity index (χ3v) is 8.55. The van der Waals surface area contributed by atoms with Gasteiger partial charge in [-0.25, -0.2) is 8.78 Å². The molecule has 3 aromatic carbocycles. The second-order valence-corrected chi connectivity index (χ2v) is 14.1. The van der Waals surface area contributed by atoms with E-state index in [2.05, 4.69) is 37.5 Å². The van der Waals surface area contributed by atoms with E-state index in [4.69, 9.17) is 0 Å². The molecule has 0 aliphatic carbocycles. The molecule has 216 valence electrons. The van der Waals surface area contributed by atoms with Crippen LogP contribution < -0.4 is 10.6 Å². The number of carbonyl (C=O) groups excluding carboxylic acids is 1. The normalized spacial score (nSPS) is 18.9. The Morgan fingerprint density at radius 3 is 2.33 bits per heavy atom. The van der Waals surface area contributed by atoms with E-state index in [0.29, 0.717) is 11.1 Å². The van der Waals surface area contributed by atoms with Crippen LogP contribution in [0.25, 0.3) is 0 Å². The molecule has 1 aliphatic rings. The van der Waals surface area contributed by atoms with Crippen molar-refractivity contribution in [1.29, 1.82) is 0 Å². The molecule has 5 N–H and O–H groups in total. The van der Waals surface area contributed by atoms with Gasteiger partial charge in [0.15, 0.2) is 0 Å². The highest BCUT2D eigenvalue weighted by molar-refractivity contribution is 8.23. The molecular formula is C31H38F2N2O4S. The molecule has 4 rings (SSSR count). The monoisotopic (exact) mass is 572 g/mol. The minimum atomic E-state index is -2.87. The fourth-order valence-electron chi connectivity index (χ4n) is 5.17. The van der Waals surface area contributed by atoms with Crippen molar-refractivity contribution in [2.45, 2.75) is 57.6 Å². The van der Waals surface area contributed by atoms with Crippen molar-refractivity contribution in [3.05, 3.63) is 106 Å². The Hall–Kier alpha value is -2.82. The molecule has 0 radical (unpaired) electrons. The molecule has 1 aliphatic heterocycles. The zero-order chi connectivity index (χ0) is 29.1. The SMILES string of the molecule is CC(C)(C)Cc1ccc2c(c1)[C@@H](NC[C@@H](O)[C@H](Cc1cc(F)cc(F)c1)NC(=O)c1ccccc1)CS(O)(O)C2. The van der Waals surface area contributed by atoms with E-state index in [-0.39, 0.29) is 29.9 Å². The second kappa shape index (κ2) is 12.4. The Balaban J connectivity index is 1.55. The van der Waals surface area contributed by atoms with E-state index in [0.717, 1.165) is 29.2 Å². The number of hydrogen-bond acceptors (Lipinski definition) is 5. The minimum Gasteiger partial charge on any atom is -0.390 e. The summed E-state index contributed by atoms with van der Waals surface area (Å²) in [6.45, 7) is 6.47. The van der Waals surface area contributed by atoms with Crippen molar-refractivity contribution in [3.63, 3.8) is 0 Å². The van der Waals surface area contributed by atoms with Crippen LogP contribution in [0.15, 0.2) is 66.7 Å². The lowest BCUT2D eigenvalue weighted by Crippen LogP contribution is -2.49. The van der Waals surface area contributed by atoms with Crippen LogP contribution in [-0.2, 0) is 18.6 Å². The van der Waals surface area contributed by atoms with Crippen LogP contribution >= 0.6 is 10.6 Å². The van der Waals surface area contributed by atoms with Gasteiger partial charge < -0.3 is 15.7 Å². The molecule has 0 fully saturated rings. The largest absolute Gasteiger partial charge is 0.390 e. The molecule has 3 aromatic rings. The van der Waals surface area contributed by atoms with Gasteiger partial charge in [0.1, 0.15) is 11.6 Å². The van der Waals surface area contributed by atoms with Gasteiger partial charge in [-0.15, -0.1) is 0 Å². The molecule has 9 heteroatoms. The maximum atomic E-state index is 13.9. The highest BCUT2D eigenvalue weighted by atomic mass is 32.3. The van der Waals surface area contributed by atoms with Crippen LogP contribution in [-0.4, -0.2) is 44.6 Å². The Labute approximate surface area is 236 Å². The second-order valence-electron chi connectivity index (χ2n) is 11.8. The molecule has 0 bridgehead atoms. The number of carbonyl (C=O) groups is 1. The number of fused-ring (bicyclic) bond motifs is 1. The van der Waals surface area contributed by atoms with Crippen molar-refractivity contribution in [2.75, 3.05) is 12.3 Å². The number of halogens is 2. The summed E-state index contributed by atoms with van der Waals surface area (Å²) in [7, 11) is -2.87. The first kappa shape index (κ1) is 30.1. The van der Waals surface area contributed by atoms with Gasteiger partial charge in [0, 0.05) is 18.2 Å². The van der Waals surface area contributed by atoms with Gasteiger partial charge in [0.25, 0.3) is 5.91 Å². The van der Waals surface area contributed by atoms with Gasteiger partial charge in [-0.1, -0.05) is 57.2 Å². The van der Waals surface area contributed by atoms with Gasteiger partial charge in [-0.2, -0.15) is 10.6 Å². The molecule has 0 aromatic heterocycles. The third kappa shape index (κ3) is 8.34. The van der Waals surface area contributed by atoms with Gasteiger partial charge in [-0.05, 0) is 64.8 Å². The lowest BCUT2D eigenvalue weighted by Gasteiger charge is -2.42. The summed E-state index contributed by atoms with van der Waals surface area (Å²) in [5.41, 5.74) is 3.69. The molecule has 0 saturated heterocycles. The Kier molecular flexibility index (Phi) is 9.32. The molecule has 1 heterocycles. The van der Waals surface area contributed by atoms with Crippen molar-refractivity contribution in [2.24, 2.45) is 5.41 Å². The fourth-order valence-corrected chi connectivity index (χ4v) is 6.88. The first-order valence-electron chi connectivity index (χ1n) is 13.4. The van der Waals surface area contributed by atoms with Crippen LogP contribution in [0, 0.1) is 17.0 Å². The van der Waals surface area contributed by atoms with Crippen LogP contribution in [0.4, 0.5) is 8.78 Å². The average Bonchev–Trinajstić information content (AvgIpc) is 2.85. The lowest BCUT2D eigenvalue weighted by atomic mass is 9.86. The molecule has 40 heavy (non-hydrogen) atoms. The number of rotatable bonds is 9. The Bertz CT molecular complexity index is 1310. The maximum Gasteiger partial charge on any atom is 0.251 e. The topological polar surface area (TPSA) is 102 Å². The van der Waals surface area contributed by atoms with E-state index >= 15 is 0 Å². The number of amides is 1. The molecule has 1 amide bonds.